The fourth-order valence-electron chi connectivity index (χ4n) is 2.67. The maximum absolute atomic E-state index is 10.0. The van der Waals surface area contributed by atoms with Crippen LogP contribution in [0.15, 0.2) is 60.7 Å². The van der Waals surface area contributed by atoms with Gasteiger partial charge in [0.25, 0.3) is 0 Å². The Hall–Kier alpha value is -1.68. The van der Waals surface area contributed by atoms with Crippen LogP contribution in [-0.2, 0) is 17.6 Å². The fourth-order valence-corrected chi connectivity index (χ4v) is 2.67. The third kappa shape index (κ3) is 6.95. The van der Waals surface area contributed by atoms with Gasteiger partial charge in [0.15, 0.2) is 0 Å². The Morgan fingerprint density at radius 2 is 1.35 bits per heavy atom. The van der Waals surface area contributed by atoms with Crippen LogP contribution in [0.2, 0.25) is 0 Å². The Labute approximate surface area is 139 Å². The zero-order valence-electron chi connectivity index (χ0n) is 14.1. The molecule has 1 unspecified atom stereocenters. The van der Waals surface area contributed by atoms with Gasteiger partial charge in [-0.1, -0.05) is 60.7 Å². The highest BCUT2D eigenvalue weighted by molar-refractivity contribution is 5.19. The number of aliphatic hydroxyl groups excluding tert-OH is 1. The zero-order valence-corrected chi connectivity index (χ0v) is 14.1. The fraction of sp³-hybridized carbons (Fsp3) is 0.400. The summed E-state index contributed by atoms with van der Waals surface area (Å²) < 4.78 is 6.04. The van der Waals surface area contributed by atoms with Crippen molar-refractivity contribution in [2.75, 3.05) is 27.2 Å². The summed E-state index contributed by atoms with van der Waals surface area (Å²) >= 11 is 0. The third-order valence-electron chi connectivity index (χ3n) is 3.71. The largest absolute Gasteiger partial charge is 0.389 e. The van der Waals surface area contributed by atoms with E-state index in [9.17, 15) is 5.11 Å². The van der Waals surface area contributed by atoms with Crippen molar-refractivity contribution in [2.24, 2.45) is 0 Å². The predicted octanol–water partition coefficient (Wildman–Crippen LogP) is 2.78. The minimum absolute atomic E-state index is 0.0663. The number of nitrogens with zero attached hydrogens (tertiary/aromatic N) is 1. The molecule has 2 aromatic rings. The highest BCUT2D eigenvalue weighted by Gasteiger charge is 2.14. The molecule has 1 atom stereocenters. The molecular formula is C20H27NO2. The van der Waals surface area contributed by atoms with Crippen LogP contribution < -0.4 is 0 Å². The van der Waals surface area contributed by atoms with Gasteiger partial charge in [0.2, 0.25) is 0 Å². The summed E-state index contributed by atoms with van der Waals surface area (Å²) in [5, 5.41) is 10.0. The molecule has 0 aliphatic rings. The van der Waals surface area contributed by atoms with Crippen molar-refractivity contribution in [3.8, 4) is 0 Å². The van der Waals surface area contributed by atoms with E-state index in [1.165, 1.54) is 11.1 Å². The first-order chi connectivity index (χ1) is 11.1. The van der Waals surface area contributed by atoms with Gasteiger partial charge in [0.05, 0.1) is 18.8 Å². The van der Waals surface area contributed by atoms with Gasteiger partial charge in [-0.25, -0.2) is 0 Å². The van der Waals surface area contributed by atoms with Gasteiger partial charge < -0.3 is 14.7 Å². The number of hydrogen-bond donors (Lipinski definition) is 1. The molecule has 2 rings (SSSR count). The van der Waals surface area contributed by atoms with Gasteiger partial charge in [-0.05, 0) is 38.1 Å². The summed E-state index contributed by atoms with van der Waals surface area (Å²) in [4.78, 5) is 1.97. The van der Waals surface area contributed by atoms with E-state index in [0.717, 1.165) is 12.8 Å². The lowest BCUT2D eigenvalue weighted by atomic mass is 10.0. The first-order valence-electron chi connectivity index (χ1n) is 8.15. The van der Waals surface area contributed by atoms with Crippen LogP contribution in [0, 0.1) is 0 Å². The lowest BCUT2D eigenvalue weighted by molar-refractivity contribution is -0.0162. The molecule has 23 heavy (non-hydrogen) atoms. The Morgan fingerprint density at radius 3 is 1.78 bits per heavy atom. The molecule has 3 nitrogen and oxygen atoms in total. The summed E-state index contributed by atoms with van der Waals surface area (Å²) in [5.41, 5.74) is 2.52. The molecule has 2 aromatic carbocycles. The highest BCUT2D eigenvalue weighted by Crippen LogP contribution is 2.12. The first-order valence-corrected chi connectivity index (χ1v) is 8.15. The van der Waals surface area contributed by atoms with E-state index < -0.39 is 6.10 Å². The Morgan fingerprint density at radius 1 is 0.870 bits per heavy atom. The maximum Gasteiger partial charge on any atom is 0.0900 e. The maximum atomic E-state index is 10.0. The van der Waals surface area contributed by atoms with Gasteiger partial charge in [0, 0.05) is 6.54 Å². The van der Waals surface area contributed by atoms with E-state index in [4.69, 9.17) is 4.74 Å². The lowest BCUT2D eigenvalue weighted by Crippen LogP contribution is -2.32. The van der Waals surface area contributed by atoms with Crippen molar-refractivity contribution in [2.45, 2.75) is 25.0 Å². The molecule has 0 spiro atoms. The van der Waals surface area contributed by atoms with Crippen molar-refractivity contribution >= 4 is 0 Å². The molecule has 0 fully saturated rings. The third-order valence-corrected chi connectivity index (χ3v) is 3.71. The SMILES string of the molecule is CN(C)CC(O)COC(Cc1ccccc1)Cc1ccccc1. The molecule has 0 saturated carbocycles. The van der Waals surface area contributed by atoms with Crippen molar-refractivity contribution in [1.29, 1.82) is 0 Å². The summed E-state index contributed by atoms with van der Waals surface area (Å²) in [6, 6.07) is 20.7. The number of ether oxygens (including phenoxy) is 1. The summed E-state index contributed by atoms with van der Waals surface area (Å²) in [7, 11) is 3.91. The zero-order chi connectivity index (χ0) is 16.5. The second-order valence-electron chi connectivity index (χ2n) is 6.25. The Balaban J connectivity index is 1.96. The van der Waals surface area contributed by atoms with Crippen LogP contribution in [0.3, 0.4) is 0 Å². The molecular weight excluding hydrogens is 286 g/mol. The molecule has 0 aliphatic carbocycles. The van der Waals surface area contributed by atoms with Crippen molar-refractivity contribution in [3.63, 3.8) is 0 Å². The number of hydrogen-bond acceptors (Lipinski definition) is 3. The van der Waals surface area contributed by atoms with Crippen molar-refractivity contribution in [3.05, 3.63) is 71.8 Å². The van der Waals surface area contributed by atoms with E-state index in [1.54, 1.807) is 0 Å². The smallest absolute Gasteiger partial charge is 0.0900 e. The normalized spacial score (nSPS) is 12.7. The van der Waals surface area contributed by atoms with Crippen LogP contribution in [0.1, 0.15) is 11.1 Å². The van der Waals surface area contributed by atoms with E-state index in [1.807, 2.05) is 31.1 Å². The molecule has 1 N–H and O–H groups in total. The summed E-state index contributed by atoms with van der Waals surface area (Å²) in [5.74, 6) is 0. The van der Waals surface area contributed by atoms with E-state index >= 15 is 0 Å². The average molecular weight is 313 g/mol. The molecule has 0 radical (unpaired) electrons. The van der Waals surface area contributed by atoms with Crippen LogP contribution in [-0.4, -0.2) is 49.5 Å². The lowest BCUT2D eigenvalue weighted by Gasteiger charge is -2.22. The molecule has 0 aromatic heterocycles. The van der Waals surface area contributed by atoms with Gasteiger partial charge in [0.1, 0.15) is 0 Å². The molecule has 0 bridgehead atoms. The Bertz CT molecular complexity index is 501. The molecule has 0 amide bonds. The van der Waals surface area contributed by atoms with Crippen LogP contribution >= 0.6 is 0 Å². The van der Waals surface area contributed by atoms with Gasteiger partial charge in [-0.15, -0.1) is 0 Å². The number of likely N-dealkylation sites (N-methyl/N-ethyl adjacent to an activating group) is 1. The number of aliphatic hydroxyl groups is 1. The number of benzene rings is 2. The highest BCUT2D eigenvalue weighted by atomic mass is 16.5. The standard InChI is InChI=1S/C20H27NO2/c1-21(2)15-19(22)16-23-20(13-17-9-5-3-6-10-17)14-18-11-7-4-8-12-18/h3-12,19-20,22H,13-16H2,1-2H3. The van der Waals surface area contributed by atoms with Crippen LogP contribution in [0.4, 0.5) is 0 Å². The van der Waals surface area contributed by atoms with E-state index in [0.29, 0.717) is 13.2 Å². The second-order valence-corrected chi connectivity index (χ2v) is 6.25. The van der Waals surface area contributed by atoms with Crippen LogP contribution in [0.25, 0.3) is 0 Å². The second kappa shape index (κ2) is 9.46. The van der Waals surface area contributed by atoms with Gasteiger partial charge in [-0.3, -0.25) is 0 Å². The molecule has 0 heterocycles. The average Bonchev–Trinajstić information content (AvgIpc) is 2.54. The van der Waals surface area contributed by atoms with E-state index in [-0.39, 0.29) is 6.10 Å². The summed E-state index contributed by atoms with van der Waals surface area (Å²) in [6.45, 7) is 0.978. The van der Waals surface area contributed by atoms with Gasteiger partial charge >= 0.3 is 0 Å². The van der Waals surface area contributed by atoms with Crippen molar-refractivity contribution in [1.82, 2.24) is 4.90 Å². The number of rotatable bonds is 9. The molecule has 0 saturated heterocycles. The molecule has 3 heteroatoms. The quantitative estimate of drug-likeness (QED) is 0.773. The van der Waals surface area contributed by atoms with E-state index in [2.05, 4.69) is 48.5 Å². The molecule has 0 aliphatic heterocycles. The van der Waals surface area contributed by atoms with Crippen LogP contribution in [0.5, 0.6) is 0 Å². The first kappa shape index (κ1) is 17.7. The predicted molar refractivity (Wildman–Crippen MR) is 94.6 cm³/mol. The molecule has 124 valence electrons. The summed E-state index contributed by atoms with van der Waals surface area (Å²) in [6.07, 6.45) is 1.31. The Kier molecular flexibility index (Phi) is 7.27. The minimum atomic E-state index is -0.459. The van der Waals surface area contributed by atoms with Gasteiger partial charge in [-0.2, -0.15) is 0 Å². The minimum Gasteiger partial charge on any atom is -0.389 e. The topological polar surface area (TPSA) is 32.7 Å². The van der Waals surface area contributed by atoms with Crippen molar-refractivity contribution < 1.29 is 9.84 Å². The monoisotopic (exact) mass is 313 g/mol.